The summed E-state index contributed by atoms with van der Waals surface area (Å²) in [6, 6.07) is 4.03. The van der Waals surface area contributed by atoms with Gasteiger partial charge in [-0.05, 0) is 57.2 Å². The van der Waals surface area contributed by atoms with Crippen LogP contribution in [0.2, 0.25) is 0 Å². The third kappa shape index (κ3) is 5.48. The van der Waals surface area contributed by atoms with Gasteiger partial charge in [0, 0.05) is 24.0 Å². The lowest BCUT2D eigenvalue weighted by Crippen LogP contribution is -2.41. The Kier molecular flexibility index (Phi) is 7.45. The van der Waals surface area contributed by atoms with Crippen molar-refractivity contribution in [2.45, 2.75) is 79.0 Å². The normalized spacial score (nSPS) is 16.1. The summed E-state index contributed by atoms with van der Waals surface area (Å²) in [5, 5.41) is 12.3. The highest BCUT2D eigenvalue weighted by molar-refractivity contribution is 5.99. The van der Waals surface area contributed by atoms with Gasteiger partial charge >= 0.3 is 5.97 Å². The summed E-state index contributed by atoms with van der Waals surface area (Å²) in [5.74, 6) is -0.598. The van der Waals surface area contributed by atoms with E-state index in [9.17, 15) is 14.9 Å². The summed E-state index contributed by atoms with van der Waals surface area (Å²) in [6.45, 7) is 10.7. The number of nitriles is 1. The first-order chi connectivity index (χ1) is 13.2. The molecule has 0 saturated heterocycles. The molecule has 1 amide bonds. The molecule has 1 aromatic rings. The number of ether oxygens (including phenoxy) is 1. The Morgan fingerprint density at radius 3 is 2.54 bits per heavy atom. The van der Waals surface area contributed by atoms with Crippen LogP contribution in [-0.4, -0.2) is 28.6 Å². The standard InChI is InChI=1S/C22H31N3O3/c1-14(2)13-25-15(3)10-18(16(25)4)11-19(12-23)22(27)28-17(5)21(26)24-20-8-6-7-9-20/h10-11,14,17,20H,6-9,13H2,1-5H3,(H,24,26)/b19-11+/t17-/m1/s1. The van der Waals surface area contributed by atoms with E-state index in [0.717, 1.165) is 49.2 Å². The first-order valence-electron chi connectivity index (χ1n) is 10.0. The van der Waals surface area contributed by atoms with Crippen LogP contribution in [-0.2, 0) is 20.9 Å². The van der Waals surface area contributed by atoms with Gasteiger partial charge in [0.1, 0.15) is 11.6 Å². The number of nitrogens with one attached hydrogen (secondary N) is 1. The Bertz CT molecular complexity index is 793. The molecule has 0 spiro atoms. The molecule has 6 nitrogen and oxygen atoms in total. The van der Waals surface area contributed by atoms with Crippen LogP contribution in [0.15, 0.2) is 11.6 Å². The van der Waals surface area contributed by atoms with Crippen LogP contribution < -0.4 is 5.32 Å². The van der Waals surface area contributed by atoms with Crippen molar-refractivity contribution in [1.82, 2.24) is 9.88 Å². The van der Waals surface area contributed by atoms with Crippen molar-refractivity contribution >= 4 is 18.0 Å². The maximum atomic E-state index is 12.4. The van der Waals surface area contributed by atoms with Crippen molar-refractivity contribution in [3.05, 3.63) is 28.6 Å². The fourth-order valence-corrected chi connectivity index (χ4v) is 3.58. The predicted molar refractivity (Wildman–Crippen MR) is 108 cm³/mol. The summed E-state index contributed by atoms with van der Waals surface area (Å²) in [5.41, 5.74) is 2.78. The quantitative estimate of drug-likeness (QED) is 0.441. The predicted octanol–water partition coefficient (Wildman–Crippen LogP) is 3.66. The Hall–Kier alpha value is -2.55. The number of hydrogen-bond donors (Lipinski definition) is 1. The van der Waals surface area contributed by atoms with E-state index in [2.05, 4.69) is 23.7 Å². The monoisotopic (exact) mass is 385 g/mol. The van der Waals surface area contributed by atoms with Gasteiger partial charge in [-0.15, -0.1) is 0 Å². The number of rotatable bonds is 7. The van der Waals surface area contributed by atoms with E-state index in [-0.39, 0.29) is 17.5 Å². The molecule has 2 rings (SSSR count). The lowest BCUT2D eigenvalue weighted by molar-refractivity contribution is -0.151. The second kappa shape index (κ2) is 9.59. The summed E-state index contributed by atoms with van der Waals surface area (Å²) < 4.78 is 7.42. The molecule has 0 aliphatic heterocycles. The van der Waals surface area contributed by atoms with Gasteiger partial charge in [-0.3, -0.25) is 4.79 Å². The zero-order valence-corrected chi connectivity index (χ0v) is 17.5. The van der Waals surface area contributed by atoms with E-state index in [1.165, 1.54) is 6.92 Å². The van der Waals surface area contributed by atoms with Gasteiger partial charge in [0.2, 0.25) is 0 Å². The van der Waals surface area contributed by atoms with Crippen LogP contribution in [0.1, 0.15) is 63.4 Å². The van der Waals surface area contributed by atoms with Gasteiger partial charge in [-0.25, -0.2) is 4.79 Å². The third-order valence-corrected chi connectivity index (χ3v) is 5.16. The summed E-state index contributed by atoms with van der Waals surface area (Å²) in [7, 11) is 0. The number of carbonyl (C=O) groups excluding carboxylic acids is 2. The van der Waals surface area contributed by atoms with Gasteiger partial charge < -0.3 is 14.6 Å². The highest BCUT2D eigenvalue weighted by Gasteiger charge is 2.24. The molecule has 6 heteroatoms. The molecular formula is C22H31N3O3. The van der Waals surface area contributed by atoms with E-state index in [0.29, 0.717) is 5.92 Å². The molecule has 1 heterocycles. The minimum absolute atomic E-state index is 0.106. The molecule has 0 bridgehead atoms. The molecule has 0 radical (unpaired) electrons. The maximum absolute atomic E-state index is 12.4. The molecule has 1 aliphatic rings. The zero-order chi connectivity index (χ0) is 20.8. The smallest absolute Gasteiger partial charge is 0.349 e. The summed E-state index contributed by atoms with van der Waals surface area (Å²) >= 11 is 0. The molecule has 0 aromatic carbocycles. The number of amides is 1. The Morgan fingerprint density at radius 2 is 1.96 bits per heavy atom. The van der Waals surface area contributed by atoms with Gasteiger partial charge in [0.25, 0.3) is 5.91 Å². The van der Waals surface area contributed by atoms with E-state index in [1.807, 2.05) is 26.0 Å². The molecular weight excluding hydrogens is 354 g/mol. The van der Waals surface area contributed by atoms with E-state index in [4.69, 9.17) is 4.74 Å². The Balaban J connectivity index is 2.08. The van der Waals surface area contributed by atoms with E-state index >= 15 is 0 Å². The maximum Gasteiger partial charge on any atom is 0.349 e. The zero-order valence-electron chi connectivity index (χ0n) is 17.5. The van der Waals surface area contributed by atoms with Crippen LogP contribution in [0.25, 0.3) is 6.08 Å². The molecule has 152 valence electrons. The van der Waals surface area contributed by atoms with E-state index < -0.39 is 12.1 Å². The van der Waals surface area contributed by atoms with Crippen LogP contribution in [0.4, 0.5) is 0 Å². The SMILES string of the molecule is Cc1cc(/C=C(\C#N)C(=O)O[C@H](C)C(=O)NC2CCCC2)c(C)n1CC(C)C. The summed E-state index contributed by atoms with van der Waals surface area (Å²) in [4.78, 5) is 24.6. The van der Waals surface area contributed by atoms with Crippen LogP contribution in [0.5, 0.6) is 0 Å². The van der Waals surface area contributed by atoms with Gasteiger partial charge in [-0.2, -0.15) is 5.26 Å². The van der Waals surface area contributed by atoms with Gasteiger partial charge in [-0.1, -0.05) is 26.7 Å². The van der Waals surface area contributed by atoms with E-state index in [1.54, 1.807) is 6.08 Å². The van der Waals surface area contributed by atoms with Gasteiger partial charge in [0.05, 0.1) is 0 Å². The van der Waals surface area contributed by atoms with Crippen LogP contribution in [0, 0.1) is 31.1 Å². The third-order valence-electron chi connectivity index (χ3n) is 5.16. The first-order valence-corrected chi connectivity index (χ1v) is 10.0. The molecule has 1 atom stereocenters. The highest BCUT2D eigenvalue weighted by Crippen LogP contribution is 2.21. The summed E-state index contributed by atoms with van der Waals surface area (Å²) in [6.07, 6.45) is 4.75. The highest BCUT2D eigenvalue weighted by atomic mass is 16.5. The number of carbonyl (C=O) groups is 2. The molecule has 28 heavy (non-hydrogen) atoms. The lowest BCUT2D eigenvalue weighted by Gasteiger charge is -2.17. The lowest BCUT2D eigenvalue weighted by atomic mass is 10.1. The molecule has 1 N–H and O–H groups in total. The van der Waals surface area contributed by atoms with Crippen molar-refractivity contribution < 1.29 is 14.3 Å². The molecule has 1 saturated carbocycles. The Morgan fingerprint density at radius 1 is 1.32 bits per heavy atom. The first kappa shape index (κ1) is 21.7. The second-order valence-corrected chi connectivity index (χ2v) is 8.04. The number of esters is 1. The largest absolute Gasteiger partial charge is 0.448 e. The van der Waals surface area contributed by atoms with Crippen molar-refractivity contribution in [3.8, 4) is 6.07 Å². The molecule has 1 fully saturated rings. The van der Waals surface area contributed by atoms with Crippen molar-refractivity contribution in [2.75, 3.05) is 0 Å². The molecule has 0 unspecified atom stereocenters. The number of aryl methyl sites for hydroxylation is 1. The number of hydrogen-bond acceptors (Lipinski definition) is 4. The topological polar surface area (TPSA) is 84.1 Å². The average molecular weight is 386 g/mol. The van der Waals surface area contributed by atoms with Gasteiger partial charge in [0.15, 0.2) is 6.10 Å². The Labute approximate surface area is 167 Å². The number of aromatic nitrogens is 1. The minimum Gasteiger partial charge on any atom is -0.448 e. The van der Waals surface area contributed by atoms with Crippen molar-refractivity contribution in [2.24, 2.45) is 5.92 Å². The van der Waals surface area contributed by atoms with Crippen LogP contribution in [0.3, 0.4) is 0 Å². The fraction of sp³-hybridized carbons (Fsp3) is 0.591. The molecule has 1 aromatic heterocycles. The van der Waals surface area contributed by atoms with Crippen molar-refractivity contribution in [3.63, 3.8) is 0 Å². The molecule has 1 aliphatic carbocycles. The number of nitrogens with zero attached hydrogens (tertiary/aromatic N) is 2. The minimum atomic E-state index is -0.932. The average Bonchev–Trinajstić information content (AvgIpc) is 3.22. The van der Waals surface area contributed by atoms with Crippen molar-refractivity contribution in [1.29, 1.82) is 5.26 Å². The van der Waals surface area contributed by atoms with Crippen LogP contribution >= 0.6 is 0 Å². The second-order valence-electron chi connectivity index (χ2n) is 8.04. The fourth-order valence-electron chi connectivity index (χ4n) is 3.58.